The van der Waals surface area contributed by atoms with Gasteiger partial charge in [0.05, 0.1) is 13.7 Å². The highest BCUT2D eigenvalue weighted by atomic mass is 16.7. The van der Waals surface area contributed by atoms with Crippen molar-refractivity contribution in [1.82, 2.24) is 0 Å². The van der Waals surface area contributed by atoms with Crippen LogP contribution in [0.5, 0.6) is 17.2 Å². The Balaban J connectivity index is 2.12. The van der Waals surface area contributed by atoms with Crippen molar-refractivity contribution < 1.29 is 18.9 Å². The molecule has 0 bridgehead atoms. The second-order valence-corrected chi connectivity index (χ2v) is 3.93. The van der Waals surface area contributed by atoms with Gasteiger partial charge in [-0.3, -0.25) is 0 Å². The Morgan fingerprint density at radius 1 is 1.27 bits per heavy atom. The first-order valence-corrected chi connectivity index (χ1v) is 4.85. The third-order valence-electron chi connectivity index (χ3n) is 2.84. The molecule has 1 aromatic carbocycles. The molecule has 2 heterocycles. The quantitative estimate of drug-likeness (QED) is 0.693. The van der Waals surface area contributed by atoms with Gasteiger partial charge in [0.25, 0.3) is 0 Å². The fraction of sp³-hybridized carbons (Fsp3) is 0.455. The number of hydrogen-bond donors (Lipinski definition) is 0. The van der Waals surface area contributed by atoms with Gasteiger partial charge in [0.1, 0.15) is 11.4 Å². The van der Waals surface area contributed by atoms with Crippen molar-refractivity contribution in [3.8, 4) is 17.2 Å². The Bertz CT molecular complexity index is 409. The van der Waals surface area contributed by atoms with Crippen LogP contribution < -0.4 is 14.2 Å². The normalized spacial score (nSPS) is 26.5. The van der Waals surface area contributed by atoms with E-state index in [0.29, 0.717) is 0 Å². The van der Waals surface area contributed by atoms with Gasteiger partial charge in [-0.15, -0.1) is 0 Å². The minimum absolute atomic E-state index is 0.216. The molecule has 15 heavy (non-hydrogen) atoms. The van der Waals surface area contributed by atoms with Gasteiger partial charge in [-0.1, -0.05) is 0 Å². The van der Waals surface area contributed by atoms with Crippen LogP contribution in [0.4, 0.5) is 0 Å². The first-order chi connectivity index (χ1) is 7.23. The summed E-state index contributed by atoms with van der Waals surface area (Å²) in [5, 5.41) is 0. The third-order valence-corrected chi connectivity index (χ3v) is 2.84. The molecule has 0 aromatic heterocycles. The number of epoxide rings is 1. The molecule has 1 unspecified atom stereocenters. The fourth-order valence-corrected chi connectivity index (χ4v) is 1.77. The Hall–Kier alpha value is -1.42. The lowest BCUT2D eigenvalue weighted by Crippen LogP contribution is -2.04. The number of rotatable bonds is 2. The molecule has 4 nitrogen and oxygen atoms in total. The zero-order valence-corrected chi connectivity index (χ0v) is 8.70. The molecule has 80 valence electrons. The Labute approximate surface area is 87.7 Å². The van der Waals surface area contributed by atoms with Crippen molar-refractivity contribution in [2.45, 2.75) is 12.5 Å². The molecule has 3 rings (SSSR count). The van der Waals surface area contributed by atoms with E-state index in [1.54, 1.807) is 7.11 Å². The van der Waals surface area contributed by atoms with E-state index >= 15 is 0 Å². The van der Waals surface area contributed by atoms with Crippen molar-refractivity contribution in [1.29, 1.82) is 0 Å². The molecule has 0 saturated carbocycles. The Morgan fingerprint density at radius 2 is 1.93 bits per heavy atom. The largest absolute Gasteiger partial charge is 0.496 e. The lowest BCUT2D eigenvalue weighted by Gasteiger charge is -2.12. The fourth-order valence-electron chi connectivity index (χ4n) is 1.77. The summed E-state index contributed by atoms with van der Waals surface area (Å²) in [6.45, 7) is 3.04. The van der Waals surface area contributed by atoms with Gasteiger partial charge < -0.3 is 18.9 Å². The van der Waals surface area contributed by atoms with Crippen LogP contribution >= 0.6 is 0 Å². The van der Waals surface area contributed by atoms with Gasteiger partial charge >= 0.3 is 0 Å². The van der Waals surface area contributed by atoms with Crippen LogP contribution in [0.25, 0.3) is 0 Å². The number of fused-ring (bicyclic) bond motifs is 1. The van der Waals surface area contributed by atoms with Crippen molar-refractivity contribution >= 4 is 0 Å². The summed E-state index contributed by atoms with van der Waals surface area (Å²) in [5.41, 5.74) is 0.807. The first kappa shape index (κ1) is 8.85. The third kappa shape index (κ3) is 1.25. The molecule has 0 amide bonds. The van der Waals surface area contributed by atoms with Crippen molar-refractivity contribution in [2.24, 2.45) is 0 Å². The van der Waals surface area contributed by atoms with Gasteiger partial charge in [-0.2, -0.15) is 0 Å². The minimum Gasteiger partial charge on any atom is -0.496 e. The van der Waals surface area contributed by atoms with Gasteiger partial charge in [0.15, 0.2) is 11.5 Å². The van der Waals surface area contributed by atoms with Crippen LogP contribution in [-0.4, -0.2) is 20.5 Å². The Morgan fingerprint density at radius 3 is 2.53 bits per heavy atom. The summed E-state index contributed by atoms with van der Waals surface area (Å²) < 4.78 is 21.3. The van der Waals surface area contributed by atoms with E-state index in [9.17, 15) is 0 Å². The minimum atomic E-state index is -0.216. The van der Waals surface area contributed by atoms with Crippen molar-refractivity contribution in [2.75, 3.05) is 20.5 Å². The maximum Gasteiger partial charge on any atom is 0.231 e. The highest BCUT2D eigenvalue weighted by molar-refractivity contribution is 5.54. The zero-order valence-electron chi connectivity index (χ0n) is 8.70. The SMILES string of the molecule is COc1cc2c(cc1C1(C)CO1)OCO2. The molecule has 1 atom stereocenters. The molecule has 4 heteroatoms. The lowest BCUT2D eigenvalue weighted by molar-refractivity contribution is 0.173. The van der Waals surface area contributed by atoms with Gasteiger partial charge in [-0.25, -0.2) is 0 Å². The van der Waals surface area contributed by atoms with Gasteiger partial charge in [-0.05, 0) is 13.0 Å². The van der Waals surface area contributed by atoms with Crippen LogP contribution in [0.1, 0.15) is 12.5 Å². The maximum atomic E-state index is 5.41. The number of ether oxygens (including phenoxy) is 4. The van der Waals surface area contributed by atoms with E-state index in [0.717, 1.165) is 29.4 Å². The molecule has 0 N–H and O–H groups in total. The Kier molecular flexibility index (Phi) is 1.65. The van der Waals surface area contributed by atoms with Crippen LogP contribution in [-0.2, 0) is 10.3 Å². The number of hydrogen-bond acceptors (Lipinski definition) is 4. The monoisotopic (exact) mass is 208 g/mol. The molecule has 0 aliphatic carbocycles. The number of methoxy groups -OCH3 is 1. The summed E-state index contributed by atoms with van der Waals surface area (Å²) in [6, 6.07) is 3.79. The maximum absolute atomic E-state index is 5.41. The molecule has 1 saturated heterocycles. The summed E-state index contributed by atoms with van der Waals surface area (Å²) in [4.78, 5) is 0. The van der Waals surface area contributed by atoms with Gasteiger partial charge in [0, 0.05) is 11.6 Å². The predicted octanol–water partition coefficient (Wildman–Crippen LogP) is 1.67. The van der Waals surface area contributed by atoms with Crippen LogP contribution in [0, 0.1) is 0 Å². The van der Waals surface area contributed by atoms with E-state index in [1.165, 1.54) is 0 Å². The smallest absolute Gasteiger partial charge is 0.231 e. The topological polar surface area (TPSA) is 40.2 Å². The highest BCUT2D eigenvalue weighted by Crippen LogP contribution is 2.47. The highest BCUT2D eigenvalue weighted by Gasteiger charge is 2.44. The van der Waals surface area contributed by atoms with Crippen LogP contribution in [0.3, 0.4) is 0 Å². The molecule has 0 radical (unpaired) electrons. The zero-order chi connectivity index (χ0) is 10.5. The molecule has 0 spiro atoms. The molecule has 1 aromatic rings. The van der Waals surface area contributed by atoms with Crippen molar-refractivity contribution in [3.05, 3.63) is 17.7 Å². The van der Waals surface area contributed by atoms with E-state index in [-0.39, 0.29) is 12.4 Å². The first-order valence-electron chi connectivity index (χ1n) is 4.85. The van der Waals surface area contributed by atoms with Gasteiger partial charge in [0.2, 0.25) is 6.79 Å². The second-order valence-electron chi connectivity index (χ2n) is 3.93. The molecular formula is C11H12O4. The number of benzene rings is 1. The van der Waals surface area contributed by atoms with E-state index in [2.05, 4.69) is 0 Å². The average Bonchev–Trinajstić information content (AvgIpc) is 2.83. The molecule has 1 fully saturated rings. The molecular weight excluding hydrogens is 196 g/mol. The van der Waals surface area contributed by atoms with E-state index < -0.39 is 0 Å². The molecule has 2 aliphatic rings. The predicted molar refractivity (Wildman–Crippen MR) is 52.4 cm³/mol. The average molecular weight is 208 g/mol. The van der Waals surface area contributed by atoms with Crippen molar-refractivity contribution in [3.63, 3.8) is 0 Å². The van der Waals surface area contributed by atoms with Crippen LogP contribution in [0.15, 0.2) is 12.1 Å². The summed E-state index contributed by atoms with van der Waals surface area (Å²) in [5.74, 6) is 2.29. The van der Waals surface area contributed by atoms with Crippen LogP contribution in [0.2, 0.25) is 0 Å². The van der Waals surface area contributed by atoms with E-state index in [1.807, 2.05) is 19.1 Å². The molecule has 2 aliphatic heterocycles. The lowest BCUT2D eigenvalue weighted by atomic mass is 10.0. The van der Waals surface area contributed by atoms with E-state index in [4.69, 9.17) is 18.9 Å². The standard InChI is InChI=1S/C11H12O4/c1-11(5-15-11)7-3-9-10(14-6-13-9)4-8(7)12-2/h3-4H,5-6H2,1-2H3. The summed E-state index contributed by atoms with van der Waals surface area (Å²) >= 11 is 0. The second kappa shape index (κ2) is 2.79. The summed E-state index contributed by atoms with van der Waals surface area (Å²) in [7, 11) is 1.65. The summed E-state index contributed by atoms with van der Waals surface area (Å²) in [6.07, 6.45) is 0.